The Morgan fingerprint density at radius 1 is 0.969 bits per heavy atom. The number of rotatable bonds is 5. The molecule has 0 atom stereocenters. The molecular weight excluding hydrogens is 451 g/mol. The van der Waals surface area contributed by atoms with Crippen LogP contribution in [0, 0.1) is 13.8 Å². The first-order valence-corrected chi connectivity index (χ1v) is 10.4. The molecule has 166 valence electrons. The molecule has 2 aromatic carbocycles. The standard InChI is InChI=1S/C22H22Cl2N6O2/c1-13-10-14(2)27-21(26-13)29-20(25-12-15-4-7-17(32-3)8-5-15)30-22(31)28-16-6-9-18(23)19(24)11-16/h4-11H,12H2,1-3H3,(H3,25,26,27,28,29,30,31). The number of urea groups is 1. The molecule has 0 spiro atoms. The van der Waals surface area contributed by atoms with E-state index >= 15 is 0 Å². The van der Waals surface area contributed by atoms with E-state index in [4.69, 9.17) is 27.9 Å². The Morgan fingerprint density at radius 2 is 1.66 bits per heavy atom. The Balaban J connectivity index is 1.77. The highest BCUT2D eigenvalue weighted by Gasteiger charge is 2.10. The van der Waals surface area contributed by atoms with Gasteiger partial charge in [-0.05, 0) is 55.8 Å². The van der Waals surface area contributed by atoms with Crippen molar-refractivity contribution >= 4 is 46.8 Å². The van der Waals surface area contributed by atoms with E-state index in [2.05, 4.69) is 30.9 Å². The summed E-state index contributed by atoms with van der Waals surface area (Å²) in [5.41, 5.74) is 2.98. The van der Waals surface area contributed by atoms with Crippen LogP contribution >= 0.6 is 23.2 Å². The Hall–Kier alpha value is -3.36. The molecule has 0 saturated carbocycles. The maximum absolute atomic E-state index is 12.6. The van der Waals surface area contributed by atoms with Gasteiger partial charge in [-0.2, -0.15) is 0 Å². The molecule has 10 heteroatoms. The number of hydrogen-bond donors (Lipinski definition) is 3. The molecule has 1 aromatic heterocycles. The van der Waals surface area contributed by atoms with Crippen molar-refractivity contribution in [1.29, 1.82) is 0 Å². The number of aryl methyl sites for hydroxylation is 2. The van der Waals surface area contributed by atoms with E-state index < -0.39 is 6.03 Å². The van der Waals surface area contributed by atoms with Crippen molar-refractivity contribution in [3.8, 4) is 5.75 Å². The van der Waals surface area contributed by atoms with Crippen LogP contribution in [0.4, 0.5) is 16.4 Å². The van der Waals surface area contributed by atoms with Gasteiger partial charge in [-0.25, -0.2) is 19.8 Å². The van der Waals surface area contributed by atoms with E-state index in [1.54, 1.807) is 25.3 Å². The summed E-state index contributed by atoms with van der Waals surface area (Å²) in [5, 5.41) is 9.08. The fraction of sp³-hybridized carbons (Fsp3) is 0.182. The minimum Gasteiger partial charge on any atom is -0.497 e. The molecule has 0 aliphatic rings. The number of guanidine groups is 1. The van der Waals surface area contributed by atoms with E-state index in [9.17, 15) is 4.79 Å². The first kappa shape index (κ1) is 23.3. The zero-order valence-corrected chi connectivity index (χ0v) is 19.3. The molecule has 0 fully saturated rings. The number of ether oxygens (including phenoxy) is 1. The number of carbonyl (C=O) groups is 1. The molecule has 0 saturated heterocycles. The highest BCUT2D eigenvalue weighted by atomic mass is 35.5. The first-order chi connectivity index (χ1) is 15.3. The van der Waals surface area contributed by atoms with Gasteiger partial charge in [-0.15, -0.1) is 0 Å². The monoisotopic (exact) mass is 472 g/mol. The average molecular weight is 473 g/mol. The number of carbonyl (C=O) groups excluding carboxylic acids is 1. The molecule has 0 unspecified atom stereocenters. The molecule has 3 N–H and O–H groups in total. The predicted molar refractivity (Wildman–Crippen MR) is 128 cm³/mol. The number of benzene rings is 2. The molecule has 8 nitrogen and oxygen atoms in total. The zero-order valence-electron chi connectivity index (χ0n) is 17.7. The van der Waals surface area contributed by atoms with Gasteiger partial charge in [0.1, 0.15) is 5.75 Å². The van der Waals surface area contributed by atoms with Crippen LogP contribution in [0.25, 0.3) is 0 Å². The third kappa shape index (κ3) is 6.83. The smallest absolute Gasteiger partial charge is 0.326 e. The van der Waals surface area contributed by atoms with Crippen molar-refractivity contribution in [3.05, 3.63) is 75.5 Å². The number of aliphatic imine (C=N–C) groups is 1. The Bertz CT molecular complexity index is 1120. The van der Waals surface area contributed by atoms with Gasteiger partial charge < -0.3 is 10.1 Å². The van der Waals surface area contributed by atoms with Crippen LogP contribution in [0.5, 0.6) is 5.75 Å². The van der Waals surface area contributed by atoms with Crippen molar-refractivity contribution in [3.63, 3.8) is 0 Å². The summed E-state index contributed by atoms with van der Waals surface area (Å²) in [7, 11) is 1.61. The van der Waals surface area contributed by atoms with Gasteiger partial charge in [0.05, 0.1) is 23.7 Å². The summed E-state index contributed by atoms with van der Waals surface area (Å²) in [6, 6.07) is 13.6. The van der Waals surface area contributed by atoms with E-state index in [1.165, 1.54) is 0 Å². The second-order valence-corrected chi connectivity index (χ2v) is 7.63. The van der Waals surface area contributed by atoms with Crippen LogP contribution in [0.2, 0.25) is 10.0 Å². The molecule has 0 aliphatic carbocycles. The minimum absolute atomic E-state index is 0.184. The molecule has 1 heterocycles. The maximum atomic E-state index is 12.6. The van der Waals surface area contributed by atoms with Gasteiger partial charge in [0.2, 0.25) is 11.9 Å². The number of methoxy groups -OCH3 is 1. The Morgan fingerprint density at radius 3 is 2.28 bits per heavy atom. The van der Waals surface area contributed by atoms with Crippen molar-refractivity contribution in [1.82, 2.24) is 15.3 Å². The van der Waals surface area contributed by atoms with Gasteiger partial charge in [0.25, 0.3) is 0 Å². The number of aromatic nitrogens is 2. The maximum Gasteiger partial charge on any atom is 0.326 e. The topological polar surface area (TPSA) is 101 Å². The summed E-state index contributed by atoms with van der Waals surface area (Å²) in [6.07, 6.45) is 0. The summed E-state index contributed by atoms with van der Waals surface area (Å²) in [4.78, 5) is 25.7. The van der Waals surface area contributed by atoms with Crippen LogP contribution in [-0.2, 0) is 6.54 Å². The molecule has 32 heavy (non-hydrogen) atoms. The number of halogens is 2. The average Bonchev–Trinajstić information content (AvgIpc) is 2.74. The number of nitrogens with one attached hydrogen (secondary N) is 3. The lowest BCUT2D eigenvalue weighted by atomic mass is 10.2. The Kier molecular flexibility index (Phi) is 7.86. The number of amides is 2. The van der Waals surface area contributed by atoms with E-state index in [1.807, 2.05) is 44.2 Å². The second-order valence-electron chi connectivity index (χ2n) is 6.82. The van der Waals surface area contributed by atoms with E-state index in [0.29, 0.717) is 28.2 Å². The summed E-state index contributed by atoms with van der Waals surface area (Å²) >= 11 is 11.9. The third-order valence-electron chi connectivity index (χ3n) is 4.20. The highest BCUT2D eigenvalue weighted by molar-refractivity contribution is 6.42. The van der Waals surface area contributed by atoms with Crippen molar-refractivity contribution in [2.45, 2.75) is 20.4 Å². The summed E-state index contributed by atoms with van der Waals surface area (Å²) in [6.45, 7) is 4.03. The molecule has 3 aromatic rings. The van der Waals surface area contributed by atoms with Crippen molar-refractivity contribution in [2.75, 3.05) is 17.7 Å². The molecule has 3 rings (SSSR count). The number of nitrogens with zero attached hydrogens (tertiary/aromatic N) is 3. The van der Waals surface area contributed by atoms with Crippen molar-refractivity contribution < 1.29 is 9.53 Å². The minimum atomic E-state index is -0.520. The lowest BCUT2D eigenvalue weighted by molar-refractivity contribution is 0.256. The predicted octanol–water partition coefficient (Wildman–Crippen LogP) is 5.20. The first-order valence-electron chi connectivity index (χ1n) is 9.62. The molecule has 2 amide bonds. The quantitative estimate of drug-likeness (QED) is 0.350. The van der Waals surface area contributed by atoms with Gasteiger partial charge in [0, 0.05) is 17.1 Å². The van der Waals surface area contributed by atoms with Crippen LogP contribution in [0.1, 0.15) is 17.0 Å². The zero-order chi connectivity index (χ0) is 23.1. The fourth-order valence-electron chi connectivity index (χ4n) is 2.74. The van der Waals surface area contributed by atoms with Crippen molar-refractivity contribution in [2.24, 2.45) is 4.99 Å². The fourth-order valence-corrected chi connectivity index (χ4v) is 3.04. The molecule has 0 bridgehead atoms. The Labute approximate surface area is 196 Å². The third-order valence-corrected chi connectivity index (χ3v) is 4.94. The van der Waals surface area contributed by atoms with E-state index in [-0.39, 0.29) is 5.96 Å². The van der Waals surface area contributed by atoms with Crippen LogP contribution in [0.15, 0.2) is 53.5 Å². The largest absolute Gasteiger partial charge is 0.497 e. The van der Waals surface area contributed by atoms with E-state index in [0.717, 1.165) is 22.7 Å². The van der Waals surface area contributed by atoms with Gasteiger partial charge >= 0.3 is 6.03 Å². The second kappa shape index (κ2) is 10.8. The molecule has 0 radical (unpaired) electrons. The lowest BCUT2D eigenvalue weighted by Gasteiger charge is -2.13. The SMILES string of the molecule is COc1ccc(CN=C(NC(=O)Nc2ccc(Cl)c(Cl)c2)Nc2nc(C)cc(C)n2)cc1. The normalized spacial score (nSPS) is 11.1. The number of hydrogen-bond acceptors (Lipinski definition) is 5. The van der Waals surface area contributed by atoms with Crippen LogP contribution in [0.3, 0.4) is 0 Å². The lowest BCUT2D eigenvalue weighted by Crippen LogP contribution is -2.39. The molecule has 0 aliphatic heterocycles. The van der Waals surface area contributed by atoms with Crippen LogP contribution < -0.4 is 20.7 Å². The van der Waals surface area contributed by atoms with Gasteiger partial charge in [0.15, 0.2) is 0 Å². The highest BCUT2D eigenvalue weighted by Crippen LogP contribution is 2.24. The van der Waals surface area contributed by atoms with Gasteiger partial charge in [-0.1, -0.05) is 35.3 Å². The van der Waals surface area contributed by atoms with Gasteiger partial charge in [-0.3, -0.25) is 10.6 Å². The molecular formula is C22H22Cl2N6O2. The summed E-state index contributed by atoms with van der Waals surface area (Å²) in [5.74, 6) is 1.26. The van der Waals surface area contributed by atoms with Crippen LogP contribution in [-0.4, -0.2) is 29.1 Å². The summed E-state index contributed by atoms with van der Waals surface area (Å²) < 4.78 is 5.17. The number of anilines is 2.